The number of rotatable bonds is 5. The van der Waals surface area contributed by atoms with Crippen LogP contribution >= 0.6 is 0 Å². The normalized spacial score (nSPS) is 14.3. The van der Waals surface area contributed by atoms with Crippen LogP contribution in [0.4, 0.5) is 8.78 Å². The van der Waals surface area contributed by atoms with E-state index in [1.165, 1.54) is 25.8 Å². The number of alkyl halides is 2. The second kappa shape index (κ2) is 8.52. The molecule has 8 heteroatoms. The molecule has 1 amide bonds. The number of halogens is 2. The number of amides is 1. The van der Waals surface area contributed by atoms with E-state index in [1.807, 2.05) is 0 Å². The molecule has 2 aromatic carbocycles. The first-order valence-corrected chi connectivity index (χ1v) is 10.8. The molecule has 0 bridgehead atoms. The summed E-state index contributed by atoms with van der Waals surface area (Å²) in [6, 6.07) is 13.4. The Labute approximate surface area is 195 Å². The van der Waals surface area contributed by atoms with Gasteiger partial charge in [0.25, 0.3) is 5.91 Å². The van der Waals surface area contributed by atoms with Crippen molar-refractivity contribution < 1.29 is 27.9 Å². The molecular weight excluding hydrogens is 442 g/mol. The van der Waals surface area contributed by atoms with Crippen molar-refractivity contribution in [1.82, 2.24) is 9.47 Å². The Morgan fingerprint density at radius 3 is 2.32 bits per heavy atom. The van der Waals surface area contributed by atoms with Gasteiger partial charge in [-0.05, 0) is 25.5 Å². The number of esters is 1. The van der Waals surface area contributed by atoms with Gasteiger partial charge < -0.3 is 14.2 Å². The van der Waals surface area contributed by atoms with E-state index in [-0.39, 0.29) is 29.2 Å². The van der Waals surface area contributed by atoms with Gasteiger partial charge in [0.05, 0.1) is 17.9 Å². The molecule has 1 aliphatic rings. The molecule has 176 valence electrons. The summed E-state index contributed by atoms with van der Waals surface area (Å²) in [6.07, 6.45) is 0. The van der Waals surface area contributed by atoms with Crippen LogP contribution < -0.4 is 0 Å². The number of Topliss-reactive ketones (excluding diaryl/α,β-unsaturated/α-hetero) is 1. The molecule has 34 heavy (non-hydrogen) atoms. The van der Waals surface area contributed by atoms with E-state index >= 15 is 8.78 Å². The molecular formula is C26H24F2N2O4. The molecule has 0 saturated carbocycles. The Hall–Kier alpha value is -3.81. The van der Waals surface area contributed by atoms with Crippen LogP contribution in [0.3, 0.4) is 0 Å². The van der Waals surface area contributed by atoms with Crippen molar-refractivity contribution in [2.45, 2.75) is 19.8 Å². The van der Waals surface area contributed by atoms with Gasteiger partial charge in [-0.2, -0.15) is 8.78 Å². The number of ether oxygens (including phenoxy) is 1. The summed E-state index contributed by atoms with van der Waals surface area (Å²) in [6.45, 7) is 2.18. The molecule has 0 saturated heterocycles. The number of para-hydroxylation sites is 1. The van der Waals surface area contributed by atoms with E-state index < -0.39 is 29.9 Å². The van der Waals surface area contributed by atoms with E-state index in [1.54, 1.807) is 60.1 Å². The standard InChI is InChI=1S/C26H24F2N2O4/c1-5-34-25(33)26(27,28)19-14-29(3)24(32)22-18-8-6-7-9-20(18)30(4)23(22)21(19)17-12-10-16(11-13-17)15(2)31/h6-13H,5,14H2,1-4H3. The summed E-state index contributed by atoms with van der Waals surface area (Å²) in [5.74, 6) is -6.26. The van der Waals surface area contributed by atoms with Crippen molar-refractivity contribution in [2.24, 2.45) is 7.05 Å². The van der Waals surface area contributed by atoms with Gasteiger partial charge in [0, 0.05) is 48.3 Å². The van der Waals surface area contributed by atoms with E-state index in [4.69, 9.17) is 4.74 Å². The van der Waals surface area contributed by atoms with Crippen LogP contribution in [0.2, 0.25) is 0 Å². The number of hydrogen-bond donors (Lipinski definition) is 0. The summed E-state index contributed by atoms with van der Waals surface area (Å²) < 4.78 is 37.7. The van der Waals surface area contributed by atoms with Gasteiger partial charge in [0.1, 0.15) is 0 Å². The van der Waals surface area contributed by atoms with Crippen molar-refractivity contribution in [3.63, 3.8) is 0 Å². The molecule has 3 aromatic rings. The number of carbonyl (C=O) groups is 3. The molecule has 4 rings (SSSR count). The highest BCUT2D eigenvalue weighted by atomic mass is 19.3. The number of aryl methyl sites for hydroxylation is 1. The fourth-order valence-electron chi connectivity index (χ4n) is 4.41. The highest BCUT2D eigenvalue weighted by molar-refractivity contribution is 6.14. The van der Waals surface area contributed by atoms with Gasteiger partial charge in [-0.1, -0.05) is 42.5 Å². The summed E-state index contributed by atoms with van der Waals surface area (Å²) >= 11 is 0. The monoisotopic (exact) mass is 466 g/mol. The minimum Gasteiger partial charge on any atom is -0.461 e. The maximum absolute atomic E-state index is 15.7. The van der Waals surface area contributed by atoms with Gasteiger partial charge in [0.15, 0.2) is 5.78 Å². The number of ketones is 1. The van der Waals surface area contributed by atoms with Crippen LogP contribution in [-0.2, 0) is 16.6 Å². The Bertz CT molecular complexity index is 1350. The lowest BCUT2D eigenvalue weighted by atomic mass is 9.91. The first-order valence-electron chi connectivity index (χ1n) is 10.8. The summed E-state index contributed by atoms with van der Waals surface area (Å²) in [4.78, 5) is 38.8. The van der Waals surface area contributed by atoms with Crippen molar-refractivity contribution in [3.05, 3.63) is 76.5 Å². The second-order valence-electron chi connectivity index (χ2n) is 8.24. The van der Waals surface area contributed by atoms with Crippen LogP contribution in [0.1, 0.15) is 45.8 Å². The summed E-state index contributed by atoms with van der Waals surface area (Å²) in [7, 11) is 3.13. The van der Waals surface area contributed by atoms with Crippen LogP contribution in [0.25, 0.3) is 16.5 Å². The Balaban J connectivity index is 2.13. The minimum absolute atomic E-state index is 0.0690. The highest BCUT2D eigenvalue weighted by Gasteiger charge is 2.49. The third-order valence-electron chi connectivity index (χ3n) is 6.09. The highest BCUT2D eigenvalue weighted by Crippen LogP contribution is 2.43. The van der Waals surface area contributed by atoms with Crippen molar-refractivity contribution >= 4 is 34.1 Å². The molecule has 2 heterocycles. The summed E-state index contributed by atoms with van der Waals surface area (Å²) in [5, 5.41) is 0.621. The average Bonchev–Trinajstić information content (AvgIpc) is 3.04. The van der Waals surface area contributed by atoms with Crippen molar-refractivity contribution in [3.8, 4) is 0 Å². The number of benzene rings is 2. The molecule has 0 radical (unpaired) electrons. The van der Waals surface area contributed by atoms with Gasteiger partial charge in [0.2, 0.25) is 0 Å². The van der Waals surface area contributed by atoms with Crippen LogP contribution in [0.15, 0.2) is 54.1 Å². The third kappa shape index (κ3) is 3.59. The Morgan fingerprint density at radius 2 is 1.71 bits per heavy atom. The van der Waals surface area contributed by atoms with E-state index in [0.717, 1.165) is 0 Å². The van der Waals surface area contributed by atoms with E-state index in [2.05, 4.69) is 0 Å². The van der Waals surface area contributed by atoms with Crippen molar-refractivity contribution in [2.75, 3.05) is 20.2 Å². The number of nitrogens with zero attached hydrogens (tertiary/aromatic N) is 2. The SMILES string of the molecule is CCOC(=O)C(F)(F)C1=C(c2ccc(C(C)=O)cc2)c2c(c3ccccc3n2C)C(=O)N(C)C1. The quantitative estimate of drug-likeness (QED) is 0.411. The fourth-order valence-corrected chi connectivity index (χ4v) is 4.41. The smallest absolute Gasteiger partial charge is 0.381 e. The number of carbonyl (C=O) groups excluding carboxylic acids is 3. The second-order valence-corrected chi connectivity index (χ2v) is 8.24. The molecule has 6 nitrogen and oxygen atoms in total. The Morgan fingerprint density at radius 1 is 1.06 bits per heavy atom. The Kier molecular flexibility index (Phi) is 5.85. The van der Waals surface area contributed by atoms with Crippen LogP contribution in [0.5, 0.6) is 0 Å². The lowest BCUT2D eigenvalue weighted by Gasteiger charge is -2.24. The molecule has 1 aromatic heterocycles. The largest absolute Gasteiger partial charge is 0.461 e. The zero-order valence-electron chi connectivity index (χ0n) is 19.3. The molecule has 0 unspecified atom stereocenters. The average molecular weight is 466 g/mol. The zero-order valence-corrected chi connectivity index (χ0v) is 19.3. The first kappa shape index (κ1) is 23.4. The predicted molar refractivity (Wildman–Crippen MR) is 124 cm³/mol. The third-order valence-corrected chi connectivity index (χ3v) is 6.09. The number of likely N-dealkylation sites (N-methyl/N-ethyl adjacent to an activating group) is 1. The first-order chi connectivity index (χ1) is 16.1. The van der Waals surface area contributed by atoms with E-state index in [9.17, 15) is 14.4 Å². The maximum atomic E-state index is 15.7. The van der Waals surface area contributed by atoms with Gasteiger partial charge in [-0.25, -0.2) is 4.79 Å². The van der Waals surface area contributed by atoms with Gasteiger partial charge in [-0.15, -0.1) is 0 Å². The fraction of sp³-hybridized carbons (Fsp3) is 0.269. The number of aromatic nitrogens is 1. The molecule has 0 N–H and O–H groups in total. The predicted octanol–water partition coefficient (Wildman–Crippen LogP) is 4.47. The molecule has 0 atom stereocenters. The maximum Gasteiger partial charge on any atom is 0.381 e. The van der Waals surface area contributed by atoms with Crippen LogP contribution in [0, 0.1) is 0 Å². The number of fused-ring (bicyclic) bond motifs is 3. The van der Waals surface area contributed by atoms with Crippen molar-refractivity contribution in [1.29, 1.82) is 0 Å². The molecule has 1 aliphatic heterocycles. The van der Waals surface area contributed by atoms with Gasteiger partial charge >= 0.3 is 11.9 Å². The van der Waals surface area contributed by atoms with Gasteiger partial charge in [-0.3, -0.25) is 9.59 Å². The minimum atomic E-state index is -3.99. The lowest BCUT2D eigenvalue weighted by molar-refractivity contribution is -0.166. The topological polar surface area (TPSA) is 68.6 Å². The summed E-state index contributed by atoms with van der Waals surface area (Å²) in [5.41, 5.74) is 1.56. The zero-order chi connectivity index (χ0) is 24.8. The molecule has 0 fully saturated rings. The number of hydrogen-bond acceptors (Lipinski definition) is 4. The molecule has 0 spiro atoms. The van der Waals surface area contributed by atoms with E-state index in [0.29, 0.717) is 22.0 Å². The van der Waals surface area contributed by atoms with Crippen LogP contribution in [-0.4, -0.2) is 53.2 Å². The lowest BCUT2D eigenvalue weighted by Crippen LogP contribution is -2.39. The molecule has 0 aliphatic carbocycles.